The van der Waals surface area contributed by atoms with E-state index in [2.05, 4.69) is 5.32 Å². The summed E-state index contributed by atoms with van der Waals surface area (Å²) in [5, 5.41) is 2.96. The number of halogens is 2. The molecule has 2 heterocycles. The number of hydrogen-bond donors (Lipinski definition) is 1. The molecule has 9 heteroatoms. The molecule has 0 radical (unpaired) electrons. The molecule has 1 unspecified atom stereocenters. The van der Waals surface area contributed by atoms with Crippen molar-refractivity contribution in [3.8, 4) is 0 Å². The molecule has 0 spiro atoms. The highest BCUT2D eigenvalue weighted by Crippen LogP contribution is 2.37. The van der Waals surface area contributed by atoms with Crippen LogP contribution in [0.25, 0.3) is 0 Å². The Bertz CT molecular complexity index is 1100. The van der Waals surface area contributed by atoms with Gasteiger partial charge < -0.3 is 15.1 Å². The fourth-order valence-electron chi connectivity index (χ4n) is 5.01. The molecule has 35 heavy (non-hydrogen) atoms. The van der Waals surface area contributed by atoms with Crippen molar-refractivity contribution in [2.45, 2.75) is 24.8 Å². The monoisotopic (exact) mass is 484 g/mol. The van der Waals surface area contributed by atoms with Crippen LogP contribution in [0.2, 0.25) is 0 Å². The predicted octanol–water partition coefficient (Wildman–Crippen LogP) is 2.91. The van der Waals surface area contributed by atoms with Gasteiger partial charge >= 0.3 is 6.03 Å². The number of amides is 4. The molecule has 4 rings (SSSR count). The number of nitrogens with one attached hydrogen (secondary N) is 1. The van der Waals surface area contributed by atoms with Gasteiger partial charge in [0.15, 0.2) is 0 Å². The summed E-state index contributed by atoms with van der Waals surface area (Å²) in [5.74, 6) is -1.55. The van der Waals surface area contributed by atoms with Crippen LogP contribution in [-0.4, -0.2) is 78.4 Å². The maximum absolute atomic E-state index is 13.9. The largest absolute Gasteiger partial charge is 0.339 e. The molecule has 0 bridgehead atoms. The highest BCUT2D eigenvalue weighted by Gasteiger charge is 2.55. The Morgan fingerprint density at radius 3 is 2.37 bits per heavy atom. The van der Waals surface area contributed by atoms with E-state index in [1.54, 1.807) is 17.0 Å². The Morgan fingerprint density at radius 2 is 1.74 bits per heavy atom. The van der Waals surface area contributed by atoms with Gasteiger partial charge in [0.1, 0.15) is 17.2 Å². The van der Waals surface area contributed by atoms with Crippen LogP contribution in [-0.2, 0) is 11.2 Å². The lowest BCUT2D eigenvalue weighted by Gasteiger charge is -2.41. The normalized spacial score (nSPS) is 21.1. The van der Waals surface area contributed by atoms with E-state index in [4.69, 9.17) is 0 Å². The molecule has 0 aliphatic carbocycles. The third kappa shape index (κ3) is 5.19. The molecule has 0 saturated carbocycles. The second-order valence-electron chi connectivity index (χ2n) is 9.54. The molecule has 2 saturated heterocycles. The molecule has 7 nitrogen and oxygen atoms in total. The third-order valence-electron chi connectivity index (χ3n) is 6.92. The summed E-state index contributed by atoms with van der Waals surface area (Å²) in [4.78, 5) is 44.3. The molecule has 1 N–H and O–H groups in total. The minimum absolute atomic E-state index is 0.171. The summed E-state index contributed by atoms with van der Waals surface area (Å²) < 4.78 is 27.2. The minimum atomic E-state index is -1.21. The Morgan fingerprint density at radius 1 is 1.06 bits per heavy atom. The summed E-state index contributed by atoms with van der Waals surface area (Å²) in [5.41, 5.74) is -0.181. The van der Waals surface area contributed by atoms with Gasteiger partial charge in [-0.2, -0.15) is 0 Å². The first-order valence-corrected chi connectivity index (χ1v) is 11.8. The van der Waals surface area contributed by atoms with Crippen LogP contribution in [0.5, 0.6) is 0 Å². The van der Waals surface area contributed by atoms with Gasteiger partial charge in [0.25, 0.3) is 11.8 Å². The number of likely N-dealkylation sites (N-methyl/N-ethyl adjacent to an activating group) is 1. The molecule has 2 aliphatic rings. The Balaban J connectivity index is 1.55. The molecule has 2 aromatic carbocycles. The molecule has 0 aromatic heterocycles. The second kappa shape index (κ2) is 10.1. The summed E-state index contributed by atoms with van der Waals surface area (Å²) in [7, 11) is 3.73. The lowest BCUT2D eigenvalue weighted by molar-refractivity contribution is -0.134. The number of piperidine rings is 1. The number of imide groups is 1. The maximum atomic E-state index is 13.9. The van der Waals surface area contributed by atoms with Crippen LogP contribution in [0, 0.1) is 17.6 Å². The molecular weight excluding hydrogens is 454 g/mol. The smallest absolute Gasteiger partial charge is 0.325 e. The SMILES string of the molecule is CN(C)CCN1C(=O)NC(Cc2cccc(F)c2)(C2CCN(C(=O)c3ccc(F)cc3)CC2)C1=O. The molecular formula is C26H30F2N4O3. The zero-order valence-electron chi connectivity index (χ0n) is 20.0. The highest BCUT2D eigenvalue weighted by atomic mass is 19.1. The lowest BCUT2D eigenvalue weighted by atomic mass is 9.73. The highest BCUT2D eigenvalue weighted by molar-refractivity contribution is 6.07. The van der Waals surface area contributed by atoms with Gasteiger partial charge in [-0.25, -0.2) is 13.6 Å². The van der Waals surface area contributed by atoms with Crippen LogP contribution in [0.1, 0.15) is 28.8 Å². The van der Waals surface area contributed by atoms with E-state index in [0.717, 1.165) is 0 Å². The Labute approximate surface area is 203 Å². The number of carbonyl (C=O) groups excluding carboxylic acids is 3. The molecule has 2 aliphatic heterocycles. The zero-order valence-corrected chi connectivity index (χ0v) is 20.0. The van der Waals surface area contributed by atoms with E-state index in [1.807, 2.05) is 19.0 Å². The summed E-state index contributed by atoms with van der Waals surface area (Å²) in [6.45, 7) is 1.57. The Hall–Kier alpha value is -3.33. The first kappa shape index (κ1) is 24.8. The van der Waals surface area contributed by atoms with E-state index in [9.17, 15) is 23.2 Å². The fourth-order valence-corrected chi connectivity index (χ4v) is 5.01. The van der Waals surface area contributed by atoms with Crippen molar-refractivity contribution >= 4 is 17.8 Å². The van der Waals surface area contributed by atoms with E-state index in [1.165, 1.54) is 41.3 Å². The molecule has 186 valence electrons. The van der Waals surface area contributed by atoms with Crippen LogP contribution < -0.4 is 5.32 Å². The van der Waals surface area contributed by atoms with E-state index in [-0.39, 0.29) is 30.7 Å². The molecule has 2 fully saturated rings. The summed E-state index contributed by atoms with van der Waals surface area (Å²) in [6, 6.07) is 11.0. The zero-order chi connectivity index (χ0) is 25.2. The van der Waals surface area contributed by atoms with Crippen molar-refractivity contribution < 1.29 is 23.2 Å². The van der Waals surface area contributed by atoms with Crippen molar-refractivity contribution in [1.29, 1.82) is 0 Å². The number of urea groups is 1. The topological polar surface area (TPSA) is 73.0 Å². The van der Waals surface area contributed by atoms with Gasteiger partial charge in [0, 0.05) is 38.2 Å². The van der Waals surface area contributed by atoms with Crippen LogP contribution in [0.3, 0.4) is 0 Å². The lowest BCUT2D eigenvalue weighted by Crippen LogP contribution is -2.58. The van der Waals surface area contributed by atoms with Crippen molar-refractivity contribution in [1.82, 2.24) is 20.0 Å². The van der Waals surface area contributed by atoms with Gasteiger partial charge in [-0.1, -0.05) is 12.1 Å². The van der Waals surface area contributed by atoms with Gasteiger partial charge in [-0.15, -0.1) is 0 Å². The third-order valence-corrected chi connectivity index (χ3v) is 6.92. The van der Waals surface area contributed by atoms with Gasteiger partial charge in [-0.05, 0) is 74.8 Å². The van der Waals surface area contributed by atoms with Crippen molar-refractivity contribution in [2.24, 2.45) is 5.92 Å². The number of likely N-dealkylation sites (tertiary alicyclic amines) is 1. The Kier molecular flexibility index (Phi) is 7.16. The summed E-state index contributed by atoms with van der Waals surface area (Å²) in [6.07, 6.45) is 1.16. The molecule has 1 atom stereocenters. The maximum Gasteiger partial charge on any atom is 0.325 e. The quantitative estimate of drug-likeness (QED) is 0.614. The standard InChI is InChI=1S/C26H30F2N4O3/c1-30(2)14-15-32-24(34)26(29-25(32)35,17-18-4-3-5-22(28)16-18)20-10-12-31(13-11-20)23(33)19-6-8-21(27)9-7-19/h3-9,16,20H,10-15,17H2,1-2H3,(H,29,35). The predicted molar refractivity (Wildman–Crippen MR) is 127 cm³/mol. The molecule has 2 aromatic rings. The minimum Gasteiger partial charge on any atom is -0.339 e. The van der Waals surface area contributed by atoms with Crippen LogP contribution in [0.4, 0.5) is 13.6 Å². The second-order valence-corrected chi connectivity index (χ2v) is 9.54. The van der Waals surface area contributed by atoms with Crippen molar-refractivity contribution in [3.63, 3.8) is 0 Å². The van der Waals surface area contributed by atoms with Gasteiger partial charge in [-0.3, -0.25) is 14.5 Å². The van der Waals surface area contributed by atoms with E-state index in [0.29, 0.717) is 43.6 Å². The number of carbonyl (C=O) groups is 3. The number of rotatable bonds is 7. The van der Waals surface area contributed by atoms with Gasteiger partial charge in [0.2, 0.25) is 0 Å². The first-order chi connectivity index (χ1) is 16.7. The van der Waals surface area contributed by atoms with Gasteiger partial charge in [0.05, 0.1) is 0 Å². The average Bonchev–Trinajstić information content (AvgIpc) is 3.07. The number of benzene rings is 2. The van der Waals surface area contributed by atoms with Crippen molar-refractivity contribution in [3.05, 3.63) is 71.3 Å². The number of nitrogens with zero attached hydrogens (tertiary/aromatic N) is 3. The van der Waals surface area contributed by atoms with Crippen LogP contribution >= 0.6 is 0 Å². The fraction of sp³-hybridized carbons (Fsp3) is 0.423. The molecule has 4 amide bonds. The van der Waals surface area contributed by atoms with Crippen molar-refractivity contribution in [2.75, 3.05) is 40.3 Å². The average molecular weight is 485 g/mol. The van der Waals surface area contributed by atoms with E-state index < -0.39 is 23.2 Å². The van der Waals surface area contributed by atoms with E-state index >= 15 is 0 Å². The number of hydrogen-bond acceptors (Lipinski definition) is 4. The summed E-state index contributed by atoms with van der Waals surface area (Å²) >= 11 is 0. The van der Waals surface area contributed by atoms with Crippen LogP contribution in [0.15, 0.2) is 48.5 Å². The first-order valence-electron chi connectivity index (χ1n) is 11.8.